The number of aromatic nitrogens is 3. The molecule has 0 bridgehead atoms. The monoisotopic (exact) mass is 295 g/mol. The predicted octanol–water partition coefficient (Wildman–Crippen LogP) is 2.36. The molecular formula is C16H17N5O. The lowest BCUT2D eigenvalue weighted by Gasteiger charge is -2.11. The quantitative estimate of drug-likeness (QED) is 0.805. The van der Waals surface area contributed by atoms with E-state index in [0.717, 1.165) is 17.0 Å². The van der Waals surface area contributed by atoms with Crippen LogP contribution in [0.5, 0.6) is 0 Å². The van der Waals surface area contributed by atoms with E-state index >= 15 is 0 Å². The summed E-state index contributed by atoms with van der Waals surface area (Å²) in [6, 6.07) is 9.34. The number of hydrogen-bond donors (Lipinski definition) is 1. The van der Waals surface area contributed by atoms with Gasteiger partial charge in [-0.3, -0.25) is 4.79 Å². The number of rotatable bonds is 3. The third-order valence-corrected chi connectivity index (χ3v) is 3.31. The lowest BCUT2D eigenvalue weighted by molar-refractivity contribution is 0.102. The molecule has 3 rings (SSSR count). The number of aryl methyl sites for hydroxylation is 1. The number of fused-ring (bicyclic) bond motifs is 1. The van der Waals surface area contributed by atoms with Gasteiger partial charge in [0.2, 0.25) is 0 Å². The van der Waals surface area contributed by atoms with Crippen LogP contribution in [0.25, 0.3) is 5.65 Å². The van der Waals surface area contributed by atoms with Crippen molar-refractivity contribution in [2.24, 2.45) is 0 Å². The zero-order valence-electron chi connectivity index (χ0n) is 12.7. The van der Waals surface area contributed by atoms with Crippen LogP contribution in [-0.4, -0.2) is 34.4 Å². The molecule has 0 atom stereocenters. The fourth-order valence-corrected chi connectivity index (χ4v) is 2.15. The zero-order valence-corrected chi connectivity index (χ0v) is 12.7. The molecular weight excluding hydrogens is 278 g/mol. The Morgan fingerprint density at radius 1 is 1.14 bits per heavy atom. The first-order valence-corrected chi connectivity index (χ1v) is 6.94. The summed E-state index contributed by atoms with van der Waals surface area (Å²) >= 11 is 0. The average molecular weight is 295 g/mol. The lowest BCUT2D eigenvalue weighted by atomic mass is 10.3. The van der Waals surface area contributed by atoms with Crippen molar-refractivity contribution in [1.82, 2.24) is 14.4 Å². The van der Waals surface area contributed by atoms with Crippen molar-refractivity contribution in [3.05, 3.63) is 54.1 Å². The molecule has 0 aromatic carbocycles. The summed E-state index contributed by atoms with van der Waals surface area (Å²) in [5.74, 6) is 0.254. The maximum absolute atomic E-state index is 12.3. The van der Waals surface area contributed by atoms with Crippen LogP contribution in [0.1, 0.15) is 16.2 Å². The molecule has 6 heteroatoms. The Morgan fingerprint density at radius 3 is 2.68 bits per heavy atom. The molecule has 0 saturated heterocycles. The van der Waals surface area contributed by atoms with E-state index in [4.69, 9.17) is 0 Å². The van der Waals surface area contributed by atoms with Crippen molar-refractivity contribution in [1.29, 1.82) is 0 Å². The van der Waals surface area contributed by atoms with Crippen LogP contribution in [0, 0.1) is 6.92 Å². The van der Waals surface area contributed by atoms with Gasteiger partial charge in [-0.25, -0.2) is 9.97 Å². The molecule has 0 fully saturated rings. The van der Waals surface area contributed by atoms with Crippen molar-refractivity contribution in [2.45, 2.75) is 6.92 Å². The van der Waals surface area contributed by atoms with Crippen LogP contribution in [0.15, 0.2) is 42.7 Å². The van der Waals surface area contributed by atoms with Gasteiger partial charge in [0.05, 0.1) is 5.69 Å². The highest BCUT2D eigenvalue weighted by Crippen LogP contribution is 2.14. The topological polar surface area (TPSA) is 62.5 Å². The van der Waals surface area contributed by atoms with Crippen molar-refractivity contribution < 1.29 is 4.79 Å². The van der Waals surface area contributed by atoms with Crippen molar-refractivity contribution in [3.63, 3.8) is 0 Å². The van der Waals surface area contributed by atoms with Crippen molar-refractivity contribution in [2.75, 3.05) is 24.3 Å². The zero-order chi connectivity index (χ0) is 15.7. The smallest absolute Gasteiger partial charge is 0.277 e. The summed E-state index contributed by atoms with van der Waals surface area (Å²) in [7, 11) is 3.93. The number of nitrogens with one attached hydrogen (secondary N) is 1. The molecule has 0 unspecified atom stereocenters. The standard InChI is InChI=1S/C16H17N5O/c1-11-5-4-6-14(17-11)19-16(22)13-10-21-9-12(20(2)3)7-8-15(21)18-13/h4-10H,1-3H3,(H,17,19,22). The van der Waals surface area contributed by atoms with E-state index in [1.807, 2.05) is 60.8 Å². The van der Waals surface area contributed by atoms with Gasteiger partial charge in [0.25, 0.3) is 5.91 Å². The molecule has 3 aromatic rings. The van der Waals surface area contributed by atoms with Crippen LogP contribution in [0.3, 0.4) is 0 Å². The number of imidazole rings is 1. The number of carbonyl (C=O) groups excluding carboxylic acids is 1. The number of carbonyl (C=O) groups is 1. The number of amides is 1. The molecule has 3 aromatic heterocycles. The molecule has 0 radical (unpaired) electrons. The fourth-order valence-electron chi connectivity index (χ4n) is 2.15. The van der Waals surface area contributed by atoms with Crippen molar-refractivity contribution in [3.8, 4) is 0 Å². The fraction of sp³-hybridized carbons (Fsp3) is 0.188. The number of hydrogen-bond acceptors (Lipinski definition) is 4. The van der Waals surface area contributed by atoms with Gasteiger partial charge in [-0.15, -0.1) is 0 Å². The van der Waals surface area contributed by atoms with Crippen LogP contribution in [0.2, 0.25) is 0 Å². The van der Waals surface area contributed by atoms with Gasteiger partial charge < -0.3 is 14.6 Å². The number of pyridine rings is 2. The van der Waals surface area contributed by atoms with Crippen molar-refractivity contribution >= 4 is 23.1 Å². The Morgan fingerprint density at radius 2 is 1.95 bits per heavy atom. The normalized spacial score (nSPS) is 10.7. The highest BCUT2D eigenvalue weighted by Gasteiger charge is 2.12. The molecule has 112 valence electrons. The van der Waals surface area contributed by atoms with E-state index in [1.54, 1.807) is 12.3 Å². The summed E-state index contributed by atoms with van der Waals surface area (Å²) in [6.45, 7) is 1.88. The molecule has 22 heavy (non-hydrogen) atoms. The Balaban J connectivity index is 1.88. The highest BCUT2D eigenvalue weighted by molar-refractivity contribution is 6.02. The third-order valence-electron chi connectivity index (χ3n) is 3.31. The van der Waals surface area contributed by atoms with Gasteiger partial charge >= 0.3 is 0 Å². The maximum atomic E-state index is 12.3. The molecule has 0 aliphatic rings. The summed E-state index contributed by atoms with van der Waals surface area (Å²) < 4.78 is 1.84. The van der Waals surface area contributed by atoms with Crippen LogP contribution >= 0.6 is 0 Å². The lowest BCUT2D eigenvalue weighted by Crippen LogP contribution is -2.13. The van der Waals surface area contributed by atoms with E-state index < -0.39 is 0 Å². The molecule has 6 nitrogen and oxygen atoms in total. The van der Waals surface area contributed by atoms with Gasteiger partial charge in [0, 0.05) is 32.2 Å². The van der Waals surface area contributed by atoms with E-state index in [0.29, 0.717) is 11.5 Å². The minimum absolute atomic E-state index is 0.270. The van der Waals surface area contributed by atoms with Gasteiger partial charge in [-0.1, -0.05) is 6.07 Å². The first kappa shape index (κ1) is 14.1. The molecule has 1 amide bonds. The van der Waals surface area contributed by atoms with Crippen LogP contribution < -0.4 is 10.2 Å². The molecule has 1 N–H and O–H groups in total. The Kier molecular flexibility index (Phi) is 3.50. The summed E-state index contributed by atoms with van der Waals surface area (Å²) in [5.41, 5.74) is 2.98. The largest absolute Gasteiger partial charge is 0.376 e. The molecule has 0 spiro atoms. The molecule has 0 saturated carbocycles. The summed E-state index contributed by atoms with van der Waals surface area (Å²) in [6.07, 6.45) is 3.65. The molecule has 3 heterocycles. The van der Waals surface area contributed by atoms with Gasteiger partial charge in [-0.05, 0) is 31.2 Å². The Bertz CT molecular complexity index is 837. The van der Waals surface area contributed by atoms with E-state index in [2.05, 4.69) is 15.3 Å². The first-order chi connectivity index (χ1) is 10.5. The van der Waals surface area contributed by atoms with E-state index in [-0.39, 0.29) is 5.91 Å². The first-order valence-electron chi connectivity index (χ1n) is 6.94. The second-order valence-electron chi connectivity index (χ2n) is 5.29. The van der Waals surface area contributed by atoms with E-state index in [1.165, 1.54) is 0 Å². The minimum Gasteiger partial charge on any atom is -0.376 e. The number of nitrogens with zero attached hydrogens (tertiary/aromatic N) is 4. The predicted molar refractivity (Wildman–Crippen MR) is 86.4 cm³/mol. The van der Waals surface area contributed by atoms with Crippen LogP contribution in [0.4, 0.5) is 11.5 Å². The second-order valence-corrected chi connectivity index (χ2v) is 5.29. The minimum atomic E-state index is -0.270. The molecule has 0 aliphatic heterocycles. The number of anilines is 2. The van der Waals surface area contributed by atoms with Crippen LogP contribution in [-0.2, 0) is 0 Å². The van der Waals surface area contributed by atoms with Gasteiger partial charge in [0.1, 0.15) is 17.2 Å². The van der Waals surface area contributed by atoms with Gasteiger partial charge in [-0.2, -0.15) is 0 Å². The summed E-state index contributed by atoms with van der Waals surface area (Å²) in [4.78, 5) is 22.9. The SMILES string of the molecule is Cc1cccc(NC(=O)c2cn3cc(N(C)C)ccc3n2)n1. The molecule has 0 aliphatic carbocycles. The summed E-state index contributed by atoms with van der Waals surface area (Å²) in [5, 5.41) is 2.76. The Hall–Kier alpha value is -2.89. The van der Waals surface area contributed by atoms with E-state index in [9.17, 15) is 4.79 Å². The Labute approximate surface area is 128 Å². The average Bonchev–Trinajstić information content (AvgIpc) is 2.90. The maximum Gasteiger partial charge on any atom is 0.277 e. The van der Waals surface area contributed by atoms with Gasteiger partial charge in [0.15, 0.2) is 0 Å². The second kappa shape index (κ2) is 5.48. The third kappa shape index (κ3) is 2.76. The highest BCUT2D eigenvalue weighted by atomic mass is 16.2.